The number of methoxy groups -OCH3 is 1. The summed E-state index contributed by atoms with van der Waals surface area (Å²) in [7, 11) is 1.65. The normalized spacial score (nSPS) is 10.0. The summed E-state index contributed by atoms with van der Waals surface area (Å²) >= 11 is 3.40. The summed E-state index contributed by atoms with van der Waals surface area (Å²) in [5.74, 6) is 0.851. The zero-order valence-corrected chi connectivity index (χ0v) is 8.81. The lowest BCUT2D eigenvalue weighted by molar-refractivity contribution is 0.409. The molecule has 0 radical (unpaired) electrons. The summed E-state index contributed by atoms with van der Waals surface area (Å²) in [5.41, 5.74) is 7.81. The quantitative estimate of drug-likeness (QED) is 0.845. The molecule has 0 aliphatic carbocycles. The number of benzene rings is 1. The lowest BCUT2D eigenvalue weighted by atomic mass is 10.1. The van der Waals surface area contributed by atoms with Crippen molar-refractivity contribution >= 4 is 15.9 Å². The minimum atomic E-state index is 0.516. The maximum atomic E-state index is 5.58. The van der Waals surface area contributed by atoms with Gasteiger partial charge in [0.1, 0.15) is 5.75 Å². The Labute approximate surface area is 80.8 Å². The van der Waals surface area contributed by atoms with E-state index in [9.17, 15) is 0 Å². The van der Waals surface area contributed by atoms with E-state index in [2.05, 4.69) is 15.9 Å². The van der Waals surface area contributed by atoms with Gasteiger partial charge in [-0.15, -0.1) is 0 Å². The third kappa shape index (κ3) is 1.79. The van der Waals surface area contributed by atoms with Gasteiger partial charge in [0.25, 0.3) is 0 Å². The Kier molecular flexibility index (Phi) is 3.12. The van der Waals surface area contributed by atoms with Crippen molar-refractivity contribution < 1.29 is 4.74 Å². The van der Waals surface area contributed by atoms with Gasteiger partial charge >= 0.3 is 0 Å². The molecule has 0 aromatic heterocycles. The van der Waals surface area contributed by atoms with Crippen LogP contribution in [0.25, 0.3) is 0 Å². The maximum absolute atomic E-state index is 5.58. The Balaban J connectivity index is 3.24. The lowest BCUT2D eigenvalue weighted by Crippen LogP contribution is -2.02. The summed E-state index contributed by atoms with van der Waals surface area (Å²) in [6.45, 7) is 2.54. The molecule has 0 heterocycles. The molecule has 66 valence electrons. The Morgan fingerprint density at radius 1 is 1.50 bits per heavy atom. The Morgan fingerprint density at radius 2 is 2.17 bits per heavy atom. The van der Waals surface area contributed by atoms with Gasteiger partial charge in [-0.1, -0.05) is 15.9 Å². The molecule has 1 rings (SSSR count). The predicted octanol–water partition coefficient (Wildman–Crippen LogP) is 2.22. The number of ether oxygens (including phenoxy) is 1. The fourth-order valence-corrected chi connectivity index (χ4v) is 1.74. The van der Waals surface area contributed by atoms with Crippen molar-refractivity contribution in [2.24, 2.45) is 5.73 Å². The van der Waals surface area contributed by atoms with Crippen LogP contribution in [-0.2, 0) is 6.54 Å². The van der Waals surface area contributed by atoms with Gasteiger partial charge < -0.3 is 10.5 Å². The molecule has 2 nitrogen and oxygen atoms in total. The standard InChI is InChI=1S/C9H12BrNO/c1-6-3-7(10)4-9(12-2)8(6)5-11/h3-4H,5,11H2,1-2H3. The van der Waals surface area contributed by atoms with Crippen LogP contribution in [-0.4, -0.2) is 7.11 Å². The number of halogens is 1. The van der Waals surface area contributed by atoms with Crippen molar-refractivity contribution in [3.8, 4) is 5.75 Å². The molecule has 0 saturated heterocycles. The monoisotopic (exact) mass is 229 g/mol. The van der Waals surface area contributed by atoms with E-state index in [-0.39, 0.29) is 0 Å². The topological polar surface area (TPSA) is 35.2 Å². The average molecular weight is 230 g/mol. The van der Waals surface area contributed by atoms with Crippen LogP contribution in [0, 0.1) is 6.92 Å². The van der Waals surface area contributed by atoms with Gasteiger partial charge in [-0.05, 0) is 24.6 Å². The van der Waals surface area contributed by atoms with Crippen molar-refractivity contribution in [3.05, 3.63) is 27.7 Å². The Bertz CT molecular complexity index is 286. The minimum absolute atomic E-state index is 0.516. The molecule has 0 fully saturated rings. The van der Waals surface area contributed by atoms with Gasteiger partial charge in [-0.2, -0.15) is 0 Å². The van der Waals surface area contributed by atoms with Gasteiger partial charge in [-0.25, -0.2) is 0 Å². The van der Waals surface area contributed by atoms with Crippen LogP contribution in [0.5, 0.6) is 5.75 Å². The van der Waals surface area contributed by atoms with Crippen molar-refractivity contribution in [1.29, 1.82) is 0 Å². The van der Waals surface area contributed by atoms with Crippen LogP contribution >= 0.6 is 15.9 Å². The molecule has 0 spiro atoms. The van der Waals surface area contributed by atoms with E-state index in [1.807, 2.05) is 19.1 Å². The molecule has 1 aromatic carbocycles. The van der Waals surface area contributed by atoms with Crippen LogP contribution in [0.3, 0.4) is 0 Å². The molecule has 3 heteroatoms. The summed E-state index contributed by atoms with van der Waals surface area (Å²) in [4.78, 5) is 0. The first-order chi connectivity index (χ1) is 5.69. The highest BCUT2D eigenvalue weighted by molar-refractivity contribution is 9.10. The van der Waals surface area contributed by atoms with E-state index in [1.54, 1.807) is 7.11 Å². The first-order valence-corrected chi connectivity index (χ1v) is 4.51. The SMILES string of the molecule is COc1cc(Br)cc(C)c1CN. The third-order valence-corrected chi connectivity index (χ3v) is 2.28. The summed E-state index contributed by atoms with van der Waals surface area (Å²) in [6, 6.07) is 3.96. The molecule has 0 bridgehead atoms. The number of nitrogens with two attached hydrogens (primary N) is 1. The Morgan fingerprint density at radius 3 is 2.67 bits per heavy atom. The first kappa shape index (κ1) is 9.55. The fraction of sp³-hybridized carbons (Fsp3) is 0.333. The predicted molar refractivity (Wildman–Crippen MR) is 53.3 cm³/mol. The molecule has 0 saturated carbocycles. The summed E-state index contributed by atoms with van der Waals surface area (Å²) < 4.78 is 6.21. The van der Waals surface area contributed by atoms with E-state index < -0.39 is 0 Å². The summed E-state index contributed by atoms with van der Waals surface area (Å²) in [5, 5.41) is 0. The lowest BCUT2D eigenvalue weighted by Gasteiger charge is -2.09. The zero-order chi connectivity index (χ0) is 9.14. The second kappa shape index (κ2) is 3.92. The highest BCUT2D eigenvalue weighted by Gasteiger charge is 2.05. The van der Waals surface area contributed by atoms with Crippen LogP contribution in [0.2, 0.25) is 0 Å². The van der Waals surface area contributed by atoms with Gasteiger partial charge in [0.15, 0.2) is 0 Å². The summed E-state index contributed by atoms with van der Waals surface area (Å²) in [6.07, 6.45) is 0. The minimum Gasteiger partial charge on any atom is -0.496 e. The third-order valence-electron chi connectivity index (χ3n) is 1.82. The van der Waals surface area contributed by atoms with Gasteiger partial charge in [0, 0.05) is 16.6 Å². The number of hydrogen-bond acceptors (Lipinski definition) is 2. The number of aryl methyl sites for hydroxylation is 1. The van der Waals surface area contributed by atoms with E-state index in [4.69, 9.17) is 10.5 Å². The van der Waals surface area contributed by atoms with Crippen molar-refractivity contribution in [2.45, 2.75) is 13.5 Å². The van der Waals surface area contributed by atoms with E-state index in [1.165, 1.54) is 0 Å². The smallest absolute Gasteiger partial charge is 0.124 e. The molecule has 0 unspecified atom stereocenters. The van der Waals surface area contributed by atoms with E-state index >= 15 is 0 Å². The largest absolute Gasteiger partial charge is 0.496 e. The van der Waals surface area contributed by atoms with Crippen molar-refractivity contribution in [2.75, 3.05) is 7.11 Å². The van der Waals surface area contributed by atoms with E-state index in [0.29, 0.717) is 6.54 Å². The second-order valence-corrected chi connectivity index (χ2v) is 3.52. The molecule has 0 aliphatic heterocycles. The Hall–Kier alpha value is -0.540. The molecular formula is C9H12BrNO. The van der Waals surface area contributed by atoms with Crippen molar-refractivity contribution in [3.63, 3.8) is 0 Å². The van der Waals surface area contributed by atoms with Crippen LogP contribution in [0.4, 0.5) is 0 Å². The molecule has 12 heavy (non-hydrogen) atoms. The first-order valence-electron chi connectivity index (χ1n) is 3.72. The maximum Gasteiger partial charge on any atom is 0.124 e. The van der Waals surface area contributed by atoms with Crippen LogP contribution in [0.1, 0.15) is 11.1 Å². The molecule has 0 aliphatic rings. The van der Waals surface area contributed by atoms with Gasteiger partial charge in [0.2, 0.25) is 0 Å². The van der Waals surface area contributed by atoms with Gasteiger partial charge in [0.05, 0.1) is 7.11 Å². The highest BCUT2D eigenvalue weighted by atomic mass is 79.9. The fourth-order valence-electron chi connectivity index (χ4n) is 1.19. The molecule has 2 N–H and O–H groups in total. The number of rotatable bonds is 2. The molecular weight excluding hydrogens is 218 g/mol. The molecule has 0 amide bonds. The average Bonchev–Trinajstić information content (AvgIpc) is 2.03. The highest BCUT2D eigenvalue weighted by Crippen LogP contribution is 2.26. The van der Waals surface area contributed by atoms with Crippen LogP contribution < -0.4 is 10.5 Å². The van der Waals surface area contributed by atoms with Crippen LogP contribution in [0.15, 0.2) is 16.6 Å². The van der Waals surface area contributed by atoms with Gasteiger partial charge in [-0.3, -0.25) is 0 Å². The molecule has 1 aromatic rings. The van der Waals surface area contributed by atoms with E-state index in [0.717, 1.165) is 21.3 Å². The number of hydrogen-bond donors (Lipinski definition) is 1. The second-order valence-electron chi connectivity index (χ2n) is 2.61. The van der Waals surface area contributed by atoms with Crippen molar-refractivity contribution in [1.82, 2.24) is 0 Å². The molecule has 0 atom stereocenters. The zero-order valence-electron chi connectivity index (χ0n) is 7.23.